The van der Waals surface area contributed by atoms with Crippen LogP contribution >= 0.6 is 11.6 Å². The van der Waals surface area contributed by atoms with Crippen LogP contribution in [0.5, 0.6) is 5.75 Å². The van der Waals surface area contributed by atoms with Crippen LogP contribution in [-0.2, 0) is 14.3 Å². The monoisotopic (exact) mass is 523 g/mol. The Hall–Kier alpha value is -2.11. The number of amides is 2. The molecule has 3 N–H and O–H groups in total. The highest BCUT2D eigenvalue weighted by Crippen LogP contribution is 2.28. The van der Waals surface area contributed by atoms with E-state index in [1.807, 2.05) is 6.92 Å². The van der Waals surface area contributed by atoms with E-state index in [1.54, 1.807) is 0 Å². The predicted molar refractivity (Wildman–Crippen MR) is 120 cm³/mol. The maximum atomic E-state index is 13.4. The van der Waals surface area contributed by atoms with Crippen molar-refractivity contribution in [1.82, 2.24) is 16.0 Å². The first kappa shape index (κ1) is 27.5. The van der Waals surface area contributed by atoms with Gasteiger partial charge in [0.2, 0.25) is 5.91 Å². The van der Waals surface area contributed by atoms with Crippen molar-refractivity contribution in [3.8, 4) is 5.75 Å². The molecule has 0 spiro atoms. The van der Waals surface area contributed by atoms with Crippen molar-refractivity contribution in [3.05, 3.63) is 29.0 Å². The van der Waals surface area contributed by atoms with Gasteiger partial charge in [-0.3, -0.25) is 14.3 Å². The molecule has 12 heteroatoms. The number of ether oxygens (including phenoxy) is 2. The summed E-state index contributed by atoms with van der Waals surface area (Å²) in [6.45, 7) is 2.02. The zero-order chi connectivity index (χ0) is 25.6. The molecule has 1 saturated carbocycles. The summed E-state index contributed by atoms with van der Waals surface area (Å²) in [4.78, 5) is 24.8. The fourth-order valence-electron chi connectivity index (χ4n) is 4.44. The van der Waals surface area contributed by atoms with Crippen LogP contribution in [0.1, 0.15) is 45.4 Å². The minimum Gasteiger partial charge on any atom is -0.484 e. The maximum Gasteiger partial charge on any atom is 0.522 e. The van der Waals surface area contributed by atoms with Crippen molar-refractivity contribution in [2.45, 2.75) is 76.0 Å². The summed E-state index contributed by atoms with van der Waals surface area (Å²) in [5, 5.41) is 9.05. The zero-order valence-electron chi connectivity index (χ0n) is 19.3. The number of hydrogen-bond donors (Lipinski definition) is 3. The predicted octanol–water partition coefficient (Wildman–Crippen LogP) is 3.69. The van der Waals surface area contributed by atoms with Crippen LogP contribution in [0.15, 0.2) is 18.2 Å². The highest BCUT2D eigenvalue weighted by Gasteiger charge is 2.36. The van der Waals surface area contributed by atoms with Crippen molar-refractivity contribution >= 4 is 23.4 Å². The largest absolute Gasteiger partial charge is 0.522 e. The molecule has 35 heavy (non-hydrogen) atoms. The van der Waals surface area contributed by atoms with E-state index in [4.69, 9.17) is 16.3 Å². The van der Waals surface area contributed by atoms with E-state index in [1.165, 1.54) is 12.1 Å². The fraction of sp³-hybridized carbons (Fsp3) is 0.652. The van der Waals surface area contributed by atoms with E-state index in [0.717, 1.165) is 6.07 Å². The maximum absolute atomic E-state index is 13.4. The molecule has 2 amide bonds. The third-order valence-electron chi connectivity index (χ3n) is 6.42. The quantitative estimate of drug-likeness (QED) is 0.452. The minimum atomic E-state index is -4.64. The van der Waals surface area contributed by atoms with Crippen LogP contribution in [0, 0.1) is 11.7 Å². The molecule has 2 fully saturated rings. The standard InChI is InChI=1S/C23H30ClF4N3O4/c1-13(22(33)31-14-2-5-16(6-3-14)35-23(26,27)28)20-9-4-15(11-29-20)30-21(32)12-34-17-7-8-18(24)19(25)10-17/h7-8,10,13-16,20,29H,2-6,9,11-12H2,1H3,(H,30,32)(H,31,33)/t13-,14?,15+,16?,20?/m1/s1. The first-order valence-electron chi connectivity index (χ1n) is 11.7. The average molecular weight is 524 g/mol. The number of nitrogens with one attached hydrogen (secondary N) is 3. The van der Waals surface area contributed by atoms with Crippen LogP contribution < -0.4 is 20.7 Å². The summed E-state index contributed by atoms with van der Waals surface area (Å²) in [7, 11) is 0. The highest BCUT2D eigenvalue weighted by molar-refractivity contribution is 6.30. The molecule has 1 aromatic carbocycles. The van der Waals surface area contributed by atoms with Crippen molar-refractivity contribution in [3.63, 3.8) is 0 Å². The Morgan fingerprint density at radius 1 is 1.11 bits per heavy atom. The van der Waals surface area contributed by atoms with Crippen molar-refractivity contribution in [2.24, 2.45) is 5.92 Å². The summed E-state index contributed by atoms with van der Waals surface area (Å²) in [5.41, 5.74) is 0. The first-order valence-corrected chi connectivity index (χ1v) is 12.0. The van der Waals surface area contributed by atoms with Gasteiger partial charge in [0, 0.05) is 30.7 Å². The zero-order valence-corrected chi connectivity index (χ0v) is 20.1. The molecule has 1 aromatic rings. The summed E-state index contributed by atoms with van der Waals surface area (Å²) in [6, 6.07) is 3.55. The lowest BCUT2D eigenvalue weighted by molar-refractivity contribution is -0.345. The Balaban J connectivity index is 1.34. The number of carbonyl (C=O) groups is 2. The molecule has 1 heterocycles. The molecule has 3 rings (SSSR count). The van der Waals surface area contributed by atoms with E-state index in [9.17, 15) is 27.2 Å². The molecule has 1 saturated heterocycles. The van der Waals surface area contributed by atoms with Crippen LogP contribution in [-0.4, -0.2) is 55.6 Å². The van der Waals surface area contributed by atoms with Crippen LogP contribution in [0.25, 0.3) is 0 Å². The molecule has 0 aromatic heterocycles. The van der Waals surface area contributed by atoms with Gasteiger partial charge in [-0.05, 0) is 50.7 Å². The molecule has 1 aliphatic heterocycles. The summed E-state index contributed by atoms with van der Waals surface area (Å²) in [6.07, 6.45) is -2.79. The van der Waals surface area contributed by atoms with E-state index >= 15 is 0 Å². The fourth-order valence-corrected chi connectivity index (χ4v) is 4.56. The van der Waals surface area contributed by atoms with Crippen molar-refractivity contribution in [2.75, 3.05) is 13.2 Å². The molecular formula is C23H30ClF4N3O4. The Morgan fingerprint density at radius 2 is 1.80 bits per heavy atom. The van der Waals surface area contributed by atoms with E-state index in [0.29, 0.717) is 32.2 Å². The Morgan fingerprint density at radius 3 is 2.40 bits per heavy atom. The van der Waals surface area contributed by atoms with Gasteiger partial charge in [0.1, 0.15) is 11.6 Å². The van der Waals surface area contributed by atoms with Gasteiger partial charge in [0.25, 0.3) is 5.91 Å². The summed E-state index contributed by atoms with van der Waals surface area (Å²) < 4.78 is 59.9. The lowest BCUT2D eigenvalue weighted by atomic mass is 9.89. The molecule has 2 aliphatic rings. The summed E-state index contributed by atoms with van der Waals surface area (Å²) >= 11 is 5.62. The number of carbonyl (C=O) groups excluding carboxylic acids is 2. The van der Waals surface area contributed by atoms with Gasteiger partial charge in [0.15, 0.2) is 6.61 Å². The Kier molecular flexibility index (Phi) is 9.60. The van der Waals surface area contributed by atoms with Crippen LogP contribution in [0.4, 0.5) is 17.6 Å². The van der Waals surface area contributed by atoms with E-state index in [2.05, 4.69) is 20.7 Å². The second-order valence-corrected chi connectivity index (χ2v) is 9.46. The van der Waals surface area contributed by atoms with Gasteiger partial charge in [0.05, 0.1) is 17.0 Å². The van der Waals surface area contributed by atoms with Gasteiger partial charge >= 0.3 is 6.36 Å². The highest BCUT2D eigenvalue weighted by atomic mass is 35.5. The van der Waals surface area contributed by atoms with Gasteiger partial charge < -0.3 is 20.7 Å². The summed E-state index contributed by atoms with van der Waals surface area (Å²) in [5.74, 6) is -1.26. The molecular weight excluding hydrogens is 494 g/mol. The van der Waals surface area contributed by atoms with Crippen molar-refractivity contribution < 1.29 is 36.6 Å². The minimum absolute atomic E-state index is 0.0320. The third kappa shape index (κ3) is 8.80. The lowest BCUT2D eigenvalue weighted by Crippen LogP contribution is -2.54. The number of halogens is 5. The molecule has 7 nitrogen and oxygen atoms in total. The molecule has 196 valence electrons. The van der Waals surface area contributed by atoms with Crippen molar-refractivity contribution in [1.29, 1.82) is 0 Å². The van der Waals surface area contributed by atoms with E-state index < -0.39 is 18.3 Å². The van der Waals surface area contributed by atoms with Gasteiger partial charge in [-0.2, -0.15) is 0 Å². The SMILES string of the molecule is C[C@@H](C(=O)NC1CCC(OC(F)(F)F)CC1)C1CC[C@H](NC(=O)COc2ccc(Cl)c(F)c2)CN1. The van der Waals surface area contributed by atoms with Crippen LogP contribution in [0.3, 0.4) is 0 Å². The molecule has 3 atom stereocenters. The molecule has 1 aliphatic carbocycles. The number of alkyl halides is 3. The topological polar surface area (TPSA) is 88.7 Å². The normalized spacial score (nSPS) is 26.0. The Labute approximate surface area is 206 Å². The first-order chi connectivity index (χ1) is 16.5. The molecule has 0 bridgehead atoms. The number of benzene rings is 1. The number of piperidine rings is 1. The molecule has 1 unspecified atom stereocenters. The average Bonchev–Trinajstić information content (AvgIpc) is 2.80. The second kappa shape index (κ2) is 12.2. The second-order valence-electron chi connectivity index (χ2n) is 9.06. The molecule has 0 radical (unpaired) electrons. The van der Waals surface area contributed by atoms with E-state index in [-0.39, 0.29) is 66.1 Å². The van der Waals surface area contributed by atoms with Gasteiger partial charge in [-0.25, -0.2) is 4.39 Å². The van der Waals surface area contributed by atoms with Gasteiger partial charge in [-0.15, -0.1) is 13.2 Å². The lowest BCUT2D eigenvalue weighted by Gasteiger charge is -2.35. The Bertz CT molecular complexity index is 873. The smallest absolute Gasteiger partial charge is 0.484 e. The number of rotatable bonds is 8. The van der Waals surface area contributed by atoms with Gasteiger partial charge in [-0.1, -0.05) is 18.5 Å². The van der Waals surface area contributed by atoms with Crippen LogP contribution in [0.2, 0.25) is 5.02 Å². The number of hydrogen-bond acceptors (Lipinski definition) is 5. The third-order valence-corrected chi connectivity index (χ3v) is 6.72.